The van der Waals surface area contributed by atoms with E-state index in [0.717, 1.165) is 53.8 Å². The molecule has 11 rings (SSSR count). The number of aliphatic imine (C=N–C) groups is 1. The van der Waals surface area contributed by atoms with Gasteiger partial charge < -0.3 is 14.5 Å². The van der Waals surface area contributed by atoms with Crippen LogP contribution in [0, 0.1) is 5.41 Å². The van der Waals surface area contributed by atoms with Crippen molar-refractivity contribution < 1.29 is 0 Å². The number of allylic oxidation sites excluding steroid dienone is 3. The molecule has 0 radical (unpaired) electrons. The first-order valence-corrected chi connectivity index (χ1v) is 20.9. The smallest absolute Gasteiger partial charge is 0.0723 e. The van der Waals surface area contributed by atoms with Gasteiger partial charge in [0.25, 0.3) is 0 Å². The Balaban J connectivity index is 0.957. The zero-order valence-corrected chi connectivity index (χ0v) is 33.2. The molecular formula is C56H42N4. The summed E-state index contributed by atoms with van der Waals surface area (Å²) in [7, 11) is 0. The maximum absolute atomic E-state index is 8.78. The summed E-state index contributed by atoms with van der Waals surface area (Å²) in [6.45, 7) is 0. The van der Waals surface area contributed by atoms with Crippen LogP contribution in [0.15, 0.2) is 187 Å². The van der Waals surface area contributed by atoms with Gasteiger partial charge in [0.05, 0.1) is 33.7 Å². The highest BCUT2D eigenvalue weighted by Crippen LogP contribution is 2.41. The number of rotatable bonds is 8. The second kappa shape index (κ2) is 15.0. The monoisotopic (exact) mass is 770 g/mol. The van der Waals surface area contributed by atoms with E-state index in [1.807, 2.05) is 73.0 Å². The topological polar surface area (TPSA) is 46.1 Å². The lowest BCUT2D eigenvalue weighted by atomic mass is 9.90. The summed E-state index contributed by atoms with van der Waals surface area (Å²) in [5, 5.41) is 12.6. The van der Waals surface area contributed by atoms with E-state index in [1.165, 1.54) is 71.9 Å². The van der Waals surface area contributed by atoms with Gasteiger partial charge in [-0.15, -0.1) is 0 Å². The van der Waals surface area contributed by atoms with Crippen LogP contribution in [0.5, 0.6) is 0 Å². The summed E-state index contributed by atoms with van der Waals surface area (Å²) in [5.74, 6) is 0. The molecule has 0 spiro atoms. The zero-order valence-electron chi connectivity index (χ0n) is 33.2. The molecule has 2 aliphatic carbocycles. The van der Waals surface area contributed by atoms with Crippen molar-refractivity contribution in [2.24, 2.45) is 4.99 Å². The number of aryl methyl sites for hydroxylation is 2. The summed E-state index contributed by atoms with van der Waals surface area (Å²) >= 11 is 0. The number of para-hydroxylation sites is 2. The molecule has 286 valence electrons. The summed E-state index contributed by atoms with van der Waals surface area (Å²) in [5.41, 5.74) is 18.0. The summed E-state index contributed by atoms with van der Waals surface area (Å²) < 4.78 is 4.86. The predicted octanol–water partition coefficient (Wildman–Crippen LogP) is 13.7. The quantitative estimate of drug-likeness (QED) is 0.150. The van der Waals surface area contributed by atoms with E-state index >= 15 is 0 Å². The van der Waals surface area contributed by atoms with Crippen LogP contribution >= 0.6 is 0 Å². The van der Waals surface area contributed by atoms with Gasteiger partial charge in [-0.2, -0.15) is 0 Å². The molecule has 0 aliphatic heterocycles. The molecule has 9 aromatic rings. The van der Waals surface area contributed by atoms with E-state index in [-0.39, 0.29) is 0 Å². The van der Waals surface area contributed by atoms with Gasteiger partial charge in [-0.25, -0.2) is 0 Å². The van der Waals surface area contributed by atoms with Crippen molar-refractivity contribution in [3.05, 3.63) is 227 Å². The molecule has 0 bridgehead atoms. The largest absolute Gasteiger partial charge is 0.310 e. The summed E-state index contributed by atoms with van der Waals surface area (Å²) in [6.07, 6.45) is 14.9. The van der Waals surface area contributed by atoms with Crippen LogP contribution in [0.3, 0.4) is 0 Å². The van der Waals surface area contributed by atoms with Gasteiger partial charge >= 0.3 is 0 Å². The van der Waals surface area contributed by atoms with E-state index in [9.17, 15) is 0 Å². The Bertz CT molecular complexity index is 3240. The highest BCUT2D eigenvalue weighted by Gasteiger charge is 2.23. The first-order chi connectivity index (χ1) is 29.7. The van der Waals surface area contributed by atoms with E-state index in [4.69, 9.17) is 10.4 Å². The van der Waals surface area contributed by atoms with Crippen molar-refractivity contribution in [3.8, 4) is 11.4 Å². The Morgan fingerprint density at radius 3 is 2.05 bits per heavy atom. The van der Waals surface area contributed by atoms with Crippen molar-refractivity contribution in [1.82, 2.24) is 9.13 Å². The Hall–Kier alpha value is -7.56. The molecule has 0 saturated heterocycles. The maximum Gasteiger partial charge on any atom is 0.0723 e. The molecule has 2 heterocycles. The Morgan fingerprint density at radius 1 is 0.567 bits per heavy atom. The SMILES string of the molecule is N=C(/C=C(\N=Cc1ccc(-n2c3c(c4ccccc42)CCC(c2ccc4c(c2)c2ccccc2n4-c2ccc4c(c2)C=CCC4)=C3)cc1)c1ccccc1)c1ccccc1. The van der Waals surface area contributed by atoms with E-state index in [0.29, 0.717) is 5.71 Å². The highest BCUT2D eigenvalue weighted by atomic mass is 15.0. The number of fused-ring (bicyclic) bond motifs is 7. The third-order valence-electron chi connectivity index (χ3n) is 12.2. The second-order valence-electron chi connectivity index (χ2n) is 15.8. The fraction of sp³-hybridized carbons (Fsp3) is 0.0714. The number of nitrogens with one attached hydrogen (secondary N) is 1. The fourth-order valence-electron chi connectivity index (χ4n) is 9.24. The minimum absolute atomic E-state index is 0.424. The second-order valence-corrected chi connectivity index (χ2v) is 15.8. The first-order valence-electron chi connectivity index (χ1n) is 20.9. The molecule has 0 fully saturated rings. The number of hydrogen-bond donors (Lipinski definition) is 1. The van der Waals surface area contributed by atoms with Crippen molar-refractivity contribution in [1.29, 1.82) is 5.41 Å². The van der Waals surface area contributed by atoms with Gasteiger partial charge in [0.2, 0.25) is 0 Å². The maximum atomic E-state index is 8.78. The Morgan fingerprint density at radius 2 is 1.25 bits per heavy atom. The molecule has 2 aromatic heterocycles. The van der Waals surface area contributed by atoms with Gasteiger partial charge in [0, 0.05) is 39.3 Å². The van der Waals surface area contributed by atoms with Crippen LogP contribution in [0.2, 0.25) is 0 Å². The van der Waals surface area contributed by atoms with Gasteiger partial charge in [0.1, 0.15) is 0 Å². The van der Waals surface area contributed by atoms with Crippen LogP contribution < -0.4 is 0 Å². The van der Waals surface area contributed by atoms with Crippen molar-refractivity contribution in [3.63, 3.8) is 0 Å². The molecule has 60 heavy (non-hydrogen) atoms. The first kappa shape index (κ1) is 35.6. The number of benzene rings is 7. The van der Waals surface area contributed by atoms with E-state index in [1.54, 1.807) is 0 Å². The lowest BCUT2D eigenvalue weighted by Gasteiger charge is -2.18. The molecule has 4 heteroatoms. The average Bonchev–Trinajstić information content (AvgIpc) is 3.83. The van der Waals surface area contributed by atoms with Gasteiger partial charge in [0.15, 0.2) is 0 Å². The van der Waals surface area contributed by atoms with Crippen LogP contribution in [0.25, 0.3) is 67.5 Å². The Kier molecular flexibility index (Phi) is 8.89. The fourth-order valence-corrected chi connectivity index (χ4v) is 9.24. The zero-order chi connectivity index (χ0) is 40.0. The number of nitrogens with zero attached hydrogens (tertiary/aromatic N) is 3. The molecule has 7 aromatic carbocycles. The van der Waals surface area contributed by atoms with Gasteiger partial charge in [-0.3, -0.25) is 4.99 Å². The molecular weight excluding hydrogens is 729 g/mol. The van der Waals surface area contributed by atoms with Crippen LogP contribution in [0.1, 0.15) is 57.5 Å². The molecule has 1 N–H and O–H groups in total. The minimum Gasteiger partial charge on any atom is -0.310 e. The van der Waals surface area contributed by atoms with E-state index in [2.05, 4.69) is 137 Å². The van der Waals surface area contributed by atoms with Crippen molar-refractivity contribution >= 4 is 68.1 Å². The molecule has 2 aliphatic rings. The highest BCUT2D eigenvalue weighted by molar-refractivity contribution is 6.11. The molecule has 4 nitrogen and oxygen atoms in total. The predicted molar refractivity (Wildman–Crippen MR) is 253 cm³/mol. The normalized spacial score (nSPS) is 13.9. The standard InChI is InChI=1S/C56H42N4/c57-51(40-14-3-1-4-15-40)36-52(41-16-5-2-6-17-41)58-37-38-23-28-45(29-24-38)59-53-21-11-9-19-47(53)49-31-26-44(35-56(49)59)43-27-32-55-50(34-43)48-20-10-12-22-54(48)60(55)46-30-25-39-13-7-8-18-42(39)33-46/h1-6,8-12,14-25,27-30,32-37,57H,7,13,26,31H2/b52-36-,57-51?,58-37?. The molecule has 0 unspecified atom stereocenters. The van der Waals surface area contributed by atoms with Crippen LogP contribution in [-0.2, 0) is 12.8 Å². The van der Waals surface area contributed by atoms with Crippen molar-refractivity contribution in [2.45, 2.75) is 25.7 Å². The summed E-state index contributed by atoms with van der Waals surface area (Å²) in [4.78, 5) is 4.94. The number of aromatic nitrogens is 2. The van der Waals surface area contributed by atoms with Crippen LogP contribution in [-0.4, -0.2) is 21.1 Å². The van der Waals surface area contributed by atoms with Gasteiger partial charge in [-0.1, -0.05) is 133 Å². The minimum atomic E-state index is 0.424. The van der Waals surface area contributed by atoms with Crippen LogP contribution in [0.4, 0.5) is 0 Å². The lowest BCUT2D eigenvalue weighted by Crippen LogP contribution is -2.03. The Labute approximate surface area is 349 Å². The molecule has 0 atom stereocenters. The average molecular weight is 771 g/mol. The molecule has 0 amide bonds. The van der Waals surface area contributed by atoms with Gasteiger partial charge in [-0.05, 0) is 125 Å². The third kappa shape index (κ3) is 6.34. The molecule has 0 saturated carbocycles. The number of hydrogen-bond acceptors (Lipinski definition) is 2. The third-order valence-corrected chi connectivity index (χ3v) is 12.2. The van der Waals surface area contributed by atoms with E-state index < -0.39 is 0 Å². The lowest BCUT2D eigenvalue weighted by molar-refractivity contribution is 0.980. The van der Waals surface area contributed by atoms with Crippen molar-refractivity contribution in [2.75, 3.05) is 0 Å². The summed E-state index contributed by atoms with van der Waals surface area (Å²) in [6, 6.07) is 60.3.